The number of fused-ring (bicyclic) bond motifs is 1. The number of nitrogens with zero attached hydrogens (tertiary/aromatic N) is 1. The lowest BCUT2D eigenvalue weighted by molar-refractivity contribution is 0.290. The summed E-state index contributed by atoms with van der Waals surface area (Å²) in [5.41, 5.74) is 10.5. The van der Waals surface area contributed by atoms with Gasteiger partial charge in [-0.3, -0.25) is 0 Å². The molecule has 0 radical (unpaired) electrons. The van der Waals surface area contributed by atoms with Gasteiger partial charge in [0.1, 0.15) is 0 Å². The summed E-state index contributed by atoms with van der Waals surface area (Å²) in [6.45, 7) is 2.14. The zero-order valence-electron chi connectivity index (χ0n) is 11.4. The van der Waals surface area contributed by atoms with Crippen LogP contribution in [0, 0.1) is 6.92 Å². The third-order valence-electron chi connectivity index (χ3n) is 4.46. The van der Waals surface area contributed by atoms with E-state index in [0.717, 1.165) is 12.8 Å². The third kappa shape index (κ3) is 1.76. The molecule has 1 heterocycles. The van der Waals surface area contributed by atoms with Crippen molar-refractivity contribution >= 4 is 10.9 Å². The van der Waals surface area contributed by atoms with Crippen molar-refractivity contribution in [2.75, 3.05) is 0 Å². The second kappa shape index (κ2) is 4.13. The first-order valence-corrected chi connectivity index (χ1v) is 6.96. The highest BCUT2D eigenvalue weighted by Gasteiger charge is 2.32. The lowest BCUT2D eigenvalue weighted by Crippen LogP contribution is -2.40. The van der Waals surface area contributed by atoms with Crippen LogP contribution in [0.5, 0.6) is 0 Å². The van der Waals surface area contributed by atoms with E-state index in [1.54, 1.807) is 0 Å². The van der Waals surface area contributed by atoms with Gasteiger partial charge in [-0.25, -0.2) is 0 Å². The summed E-state index contributed by atoms with van der Waals surface area (Å²) >= 11 is 0. The predicted octanol–water partition coefficient (Wildman–Crippen LogP) is 3.60. The molecular formula is C16H22N2. The summed E-state index contributed by atoms with van der Waals surface area (Å²) in [5, 5.41) is 1.31. The second-order valence-electron chi connectivity index (χ2n) is 5.87. The van der Waals surface area contributed by atoms with Gasteiger partial charge in [-0.1, -0.05) is 31.4 Å². The number of rotatable bonds is 1. The maximum absolute atomic E-state index is 6.66. The molecule has 0 amide bonds. The van der Waals surface area contributed by atoms with E-state index in [9.17, 15) is 0 Å². The van der Waals surface area contributed by atoms with E-state index in [1.807, 2.05) is 0 Å². The molecule has 2 N–H and O–H groups in total. The highest BCUT2D eigenvalue weighted by Crippen LogP contribution is 2.37. The van der Waals surface area contributed by atoms with E-state index in [0.29, 0.717) is 0 Å². The number of hydrogen-bond acceptors (Lipinski definition) is 1. The molecular weight excluding hydrogens is 220 g/mol. The summed E-state index contributed by atoms with van der Waals surface area (Å²) in [7, 11) is 2.15. The lowest BCUT2D eigenvalue weighted by atomic mass is 9.80. The second-order valence-corrected chi connectivity index (χ2v) is 5.87. The van der Waals surface area contributed by atoms with Crippen LogP contribution >= 0.6 is 0 Å². The molecule has 0 unspecified atom stereocenters. The van der Waals surface area contributed by atoms with Crippen LogP contribution in [0.25, 0.3) is 10.9 Å². The Morgan fingerprint density at radius 2 is 1.83 bits per heavy atom. The molecule has 2 nitrogen and oxygen atoms in total. The van der Waals surface area contributed by atoms with E-state index in [4.69, 9.17) is 5.73 Å². The predicted molar refractivity (Wildman–Crippen MR) is 76.6 cm³/mol. The molecule has 96 valence electrons. The molecule has 2 heteroatoms. The SMILES string of the molecule is Cc1ccc2cc(C3(N)CCCCC3)n(C)c2c1. The average molecular weight is 242 g/mol. The van der Waals surface area contributed by atoms with E-state index in [2.05, 4.69) is 42.8 Å². The fourth-order valence-electron chi connectivity index (χ4n) is 3.36. The van der Waals surface area contributed by atoms with Crippen LogP contribution in [-0.4, -0.2) is 4.57 Å². The molecule has 0 bridgehead atoms. The van der Waals surface area contributed by atoms with Crippen molar-refractivity contribution in [2.45, 2.75) is 44.6 Å². The Hall–Kier alpha value is -1.28. The normalized spacial score (nSPS) is 19.3. The van der Waals surface area contributed by atoms with Crippen molar-refractivity contribution in [3.8, 4) is 0 Å². The maximum atomic E-state index is 6.66. The van der Waals surface area contributed by atoms with E-state index in [1.165, 1.54) is 41.4 Å². The van der Waals surface area contributed by atoms with Crippen molar-refractivity contribution in [3.05, 3.63) is 35.5 Å². The molecule has 2 aromatic rings. The van der Waals surface area contributed by atoms with Crippen LogP contribution < -0.4 is 5.73 Å². The summed E-state index contributed by atoms with van der Waals surface area (Å²) in [5.74, 6) is 0. The zero-order valence-corrected chi connectivity index (χ0v) is 11.4. The lowest BCUT2D eigenvalue weighted by Gasteiger charge is -2.34. The van der Waals surface area contributed by atoms with E-state index < -0.39 is 0 Å². The van der Waals surface area contributed by atoms with Crippen molar-refractivity contribution in [1.82, 2.24) is 4.57 Å². The molecule has 0 aliphatic heterocycles. The minimum Gasteiger partial charge on any atom is -0.346 e. The van der Waals surface area contributed by atoms with Crippen molar-refractivity contribution in [2.24, 2.45) is 12.8 Å². The molecule has 18 heavy (non-hydrogen) atoms. The standard InChI is InChI=1S/C16H22N2/c1-12-6-7-13-11-15(18(2)14(13)10-12)16(17)8-4-3-5-9-16/h6-7,10-11H,3-5,8-9,17H2,1-2H3. The first-order valence-electron chi connectivity index (χ1n) is 6.96. The fraction of sp³-hybridized carbons (Fsp3) is 0.500. The first kappa shape index (κ1) is 11.8. The average Bonchev–Trinajstić information content (AvgIpc) is 2.68. The zero-order chi connectivity index (χ0) is 12.8. The molecule has 1 aliphatic rings. The summed E-state index contributed by atoms with van der Waals surface area (Å²) in [4.78, 5) is 0. The number of nitrogens with two attached hydrogens (primary N) is 1. The van der Waals surface area contributed by atoms with Crippen LogP contribution in [0.2, 0.25) is 0 Å². The van der Waals surface area contributed by atoms with Gasteiger partial charge >= 0.3 is 0 Å². The van der Waals surface area contributed by atoms with Gasteiger partial charge in [0.25, 0.3) is 0 Å². The Morgan fingerprint density at radius 1 is 1.11 bits per heavy atom. The number of aryl methyl sites for hydroxylation is 2. The van der Waals surface area contributed by atoms with Gasteiger partial charge in [0.05, 0.1) is 5.54 Å². The number of aromatic nitrogens is 1. The Bertz CT molecular complexity index is 574. The third-order valence-corrected chi connectivity index (χ3v) is 4.46. The van der Waals surface area contributed by atoms with Gasteiger partial charge in [0, 0.05) is 18.3 Å². The van der Waals surface area contributed by atoms with Gasteiger partial charge in [0.2, 0.25) is 0 Å². The topological polar surface area (TPSA) is 30.9 Å². The van der Waals surface area contributed by atoms with Crippen LogP contribution in [0.15, 0.2) is 24.3 Å². The Balaban J connectivity index is 2.14. The largest absolute Gasteiger partial charge is 0.346 e. The van der Waals surface area contributed by atoms with Gasteiger partial charge in [-0.2, -0.15) is 0 Å². The summed E-state index contributed by atoms with van der Waals surface area (Å²) in [6.07, 6.45) is 6.10. The minimum absolute atomic E-state index is 0.111. The molecule has 1 aliphatic carbocycles. The molecule has 1 fully saturated rings. The van der Waals surface area contributed by atoms with Gasteiger partial charge in [-0.15, -0.1) is 0 Å². The van der Waals surface area contributed by atoms with Crippen molar-refractivity contribution < 1.29 is 0 Å². The van der Waals surface area contributed by atoms with Crippen LogP contribution in [0.3, 0.4) is 0 Å². The highest BCUT2D eigenvalue weighted by atomic mass is 15.0. The van der Waals surface area contributed by atoms with Gasteiger partial charge < -0.3 is 10.3 Å². The molecule has 0 atom stereocenters. The van der Waals surface area contributed by atoms with Crippen molar-refractivity contribution in [1.29, 1.82) is 0 Å². The monoisotopic (exact) mass is 242 g/mol. The van der Waals surface area contributed by atoms with Crippen molar-refractivity contribution in [3.63, 3.8) is 0 Å². The van der Waals surface area contributed by atoms with Gasteiger partial charge in [-0.05, 0) is 42.8 Å². The highest BCUT2D eigenvalue weighted by molar-refractivity contribution is 5.82. The molecule has 1 aromatic heterocycles. The quantitative estimate of drug-likeness (QED) is 0.813. The minimum atomic E-state index is -0.111. The summed E-state index contributed by atoms with van der Waals surface area (Å²) < 4.78 is 2.30. The Kier molecular flexibility index (Phi) is 2.70. The molecule has 0 spiro atoms. The van der Waals surface area contributed by atoms with Crippen LogP contribution in [0.1, 0.15) is 43.4 Å². The maximum Gasteiger partial charge on any atom is 0.0563 e. The molecule has 0 saturated heterocycles. The van der Waals surface area contributed by atoms with Crippen LogP contribution in [0.4, 0.5) is 0 Å². The van der Waals surface area contributed by atoms with Crippen LogP contribution in [-0.2, 0) is 12.6 Å². The Morgan fingerprint density at radius 3 is 2.56 bits per heavy atom. The molecule has 1 saturated carbocycles. The number of hydrogen-bond donors (Lipinski definition) is 1. The molecule has 3 rings (SSSR count). The van der Waals surface area contributed by atoms with E-state index >= 15 is 0 Å². The summed E-state index contributed by atoms with van der Waals surface area (Å²) in [6, 6.07) is 8.93. The Labute approximate surface area is 109 Å². The van der Waals surface area contributed by atoms with Gasteiger partial charge in [0.15, 0.2) is 0 Å². The fourth-order valence-corrected chi connectivity index (χ4v) is 3.36. The first-order chi connectivity index (χ1) is 8.60. The number of benzene rings is 1. The molecule has 1 aromatic carbocycles. The smallest absolute Gasteiger partial charge is 0.0563 e. The van der Waals surface area contributed by atoms with E-state index in [-0.39, 0.29) is 5.54 Å².